The molecular weight excluding hydrogens is 276 g/mol. The number of hydrogen-bond donors (Lipinski definition) is 2. The second-order valence-corrected chi connectivity index (χ2v) is 6.42. The Morgan fingerprint density at radius 1 is 0.850 bits per heavy atom. The van der Waals surface area contributed by atoms with Crippen LogP contribution in [0.25, 0.3) is 0 Å². The molecule has 0 saturated carbocycles. The van der Waals surface area contributed by atoms with Crippen molar-refractivity contribution in [3.63, 3.8) is 0 Å². The van der Waals surface area contributed by atoms with Crippen molar-refractivity contribution in [2.45, 2.75) is 56.3 Å². The molecule has 0 aliphatic rings. The van der Waals surface area contributed by atoms with E-state index in [0.717, 1.165) is 44.9 Å². The largest absolute Gasteiger partial charge is 0.396 e. The molecule has 1 aromatic carbocycles. The average Bonchev–Trinajstić information content (AvgIpc) is 2.41. The fraction of sp³-hybridized carbons (Fsp3) is 0.600. The molecule has 5 heteroatoms. The first-order chi connectivity index (χ1) is 9.55. The van der Waals surface area contributed by atoms with Crippen molar-refractivity contribution in [3.8, 4) is 0 Å². The molecule has 1 rings (SSSR count). The van der Waals surface area contributed by atoms with Crippen LogP contribution in [0.3, 0.4) is 0 Å². The van der Waals surface area contributed by atoms with Gasteiger partial charge in [-0.15, -0.1) is 0 Å². The molecule has 0 aliphatic heterocycles. The second kappa shape index (κ2) is 9.10. The standard InChI is InChI=1S/C15H24O4S/c16-13-9-5-3-1-2-4-6-10-14-11-7-8-12-15(14)20(17,18)19/h7-8,11-12,16H,1-6,9-10,13H2,(H,17,18,19). The maximum absolute atomic E-state index is 11.2. The molecule has 4 nitrogen and oxygen atoms in total. The fourth-order valence-electron chi connectivity index (χ4n) is 2.27. The third-order valence-corrected chi connectivity index (χ3v) is 4.31. The van der Waals surface area contributed by atoms with Gasteiger partial charge in [-0.2, -0.15) is 8.42 Å². The first kappa shape index (κ1) is 17.1. The van der Waals surface area contributed by atoms with Crippen LogP contribution >= 0.6 is 0 Å². The van der Waals surface area contributed by atoms with E-state index in [9.17, 15) is 8.42 Å². The summed E-state index contributed by atoms with van der Waals surface area (Å²) in [7, 11) is -4.11. The van der Waals surface area contributed by atoms with Crippen molar-refractivity contribution in [1.29, 1.82) is 0 Å². The van der Waals surface area contributed by atoms with Crippen molar-refractivity contribution in [2.24, 2.45) is 0 Å². The minimum atomic E-state index is -4.11. The predicted molar refractivity (Wildman–Crippen MR) is 79.4 cm³/mol. The van der Waals surface area contributed by atoms with E-state index >= 15 is 0 Å². The molecule has 20 heavy (non-hydrogen) atoms. The van der Waals surface area contributed by atoms with E-state index in [4.69, 9.17) is 9.66 Å². The van der Waals surface area contributed by atoms with Gasteiger partial charge in [-0.1, -0.05) is 50.3 Å². The van der Waals surface area contributed by atoms with E-state index in [-0.39, 0.29) is 11.5 Å². The summed E-state index contributed by atoms with van der Waals surface area (Å²) in [6, 6.07) is 6.61. The molecule has 1 aromatic rings. The summed E-state index contributed by atoms with van der Waals surface area (Å²) in [4.78, 5) is 0.0305. The molecule has 0 spiro atoms. The van der Waals surface area contributed by atoms with E-state index in [1.807, 2.05) is 0 Å². The van der Waals surface area contributed by atoms with Crippen molar-refractivity contribution < 1.29 is 18.1 Å². The van der Waals surface area contributed by atoms with Gasteiger partial charge in [-0.3, -0.25) is 4.55 Å². The van der Waals surface area contributed by atoms with Crippen molar-refractivity contribution in [3.05, 3.63) is 29.8 Å². The van der Waals surface area contributed by atoms with Gasteiger partial charge in [0.25, 0.3) is 10.1 Å². The van der Waals surface area contributed by atoms with E-state index in [0.29, 0.717) is 12.0 Å². The summed E-state index contributed by atoms with van der Waals surface area (Å²) in [5.74, 6) is 0. The third kappa shape index (κ3) is 6.50. The minimum Gasteiger partial charge on any atom is -0.396 e. The van der Waals surface area contributed by atoms with Gasteiger partial charge >= 0.3 is 0 Å². The highest BCUT2D eigenvalue weighted by atomic mass is 32.2. The number of rotatable bonds is 10. The van der Waals surface area contributed by atoms with Crippen LogP contribution in [-0.2, 0) is 16.5 Å². The van der Waals surface area contributed by atoms with E-state index in [1.54, 1.807) is 18.2 Å². The van der Waals surface area contributed by atoms with Gasteiger partial charge < -0.3 is 5.11 Å². The number of aliphatic hydroxyl groups excluding tert-OH is 1. The summed E-state index contributed by atoms with van der Waals surface area (Å²) < 4.78 is 31.6. The normalized spacial score (nSPS) is 11.7. The highest BCUT2D eigenvalue weighted by Crippen LogP contribution is 2.18. The number of unbranched alkanes of at least 4 members (excludes halogenated alkanes) is 6. The van der Waals surface area contributed by atoms with Crippen LogP contribution in [0.5, 0.6) is 0 Å². The fourth-order valence-corrected chi connectivity index (χ4v) is 3.03. The Hall–Kier alpha value is -0.910. The molecule has 0 radical (unpaired) electrons. The van der Waals surface area contributed by atoms with Crippen LogP contribution in [0, 0.1) is 0 Å². The number of hydrogen-bond acceptors (Lipinski definition) is 3. The van der Waals surface area contributed by atoms with Gasteiger partial charge in [0, 0.05) is 6.61 Å². The van der Waals surface area contributed by atoms with E-state index < -0.39 is 10.1 Å². The number of benzene rings is 1. The van der Waals surface area contributed by atoms with Gasteiger partial charge in [-0.25, -0.2) is 0 Å². The Bertz CT molecular complexity index is 482. The SMILES string of the molecule is O=S(=O)(O)c1ccccc1CCCCCCCCCO. The number of aryl methyl sites for hydroxylation is 1. The van der Waals surface area contributed by atoms with Crippen molar-refractivity contribution >= 4 is 10.1 Å². The average molecular weight is 300 g/mol. The van der Waals surface area contributed by atoms with Gasteiger partial charge in [0.1, 0.15) is 0 Å². The molecule has 0 atom stereocenters. The molecule has 0 fully saturated rings. The summed E-state index contributed by atoms with van der Waals surface area (Å²) in [6.07, 6.45) is 8.02. The van der Waals surface area contributed by atoms with Crippen LogP contribution in [0.2, 0.25) is 0 Å². The quantitative estimate of drug-likeness (QED) is 0.514. The van der Waals surface area contributed by atoms with E-state index in [1.165, 1.54) is 6.07 Å². The monoisotopic (exact) mass is 300 g/mol. The van der Waals surface area contributed by atoms with Crippen LogP contribution in [0.1, 0.15) is 50.5 Å². The molecule has 0 amide bonds. The maximum Gasteiger partial charge on any atom is 0.294 e. The van der Waals surface area contributed by atoms with E-state index in [2.05, 4.69) is 0 Å². The summed E-state index contributed by atoms with van der Waals surface area (Å²) in [6.45, 7) is 0.270. The lowest BCUT2D eigenvalue weighted by molar-refractivity contribution is 0.282. The third-order valence-electron chi connectivity index (χ3n) is 3.35. The Labute approximate surface area is 121 Å². The van der Waals surface area contributed by atoms with Crippen LogP contribution < -0.4 is 0 Å². The zero-order valence-corrected chi connectivity index (χ0v) is 12.6. The molecule has 2 N–H and O–H groups in total. The Morgan fingerprint density at radius 2 is 1.40 bits per heavy atom. The molecule has 0 unspecified atom stereocenters. The first-order valence-corrected chi connectivity index (χ1v) is 8.66. The zero-order valence-electron chi connectivity index (χ0n) is 11.8. The molecular formula is C15H24O4S. The predicted octanol–water partition coefficient (Wildman–Crippen LogP) is 3.20. The summed E-state index contributed by atoms with van der Waals surface area (Å²) >= 11 is 0. The molecule has 114 valence electrons. The van der Waals surface area contributed by atoms with Crippen LogP contribution in [0.15, 0.2) is 29.2 Å². The topological polar surface area (TPSA) is 74.6 Å². The smallest absolute Gasteiger partial charge is 0.294 e. The molecule has 0 bridgehead atoms. The summed E-state index contributed by atoms with van der Waals surface area (Å²) in [5.41, 5.74) is 0.690. The molecule has 0 aromatic heterocycles. The van der Waals surface area contributed by atoms with Crippen molar-refractivity contribution in [1.82, 2.24) is 0 Å². The van der Waals surface area contributed by atoms with Gasteiger partial charge in [0.15, 0.2) is 0 Å². The zero-order chi connectivity index (χ0) is 14.8. The summed E-state index contributed by atoms with van der Waals surface area (Å²) in [5, 5.41) is 8.66. The second-order valence-electron chi connectivity index (χ2n) is 5.03. The lowest BCUT2D eigenvalue weighted by atomic mass is 10.0. The minimum absolute atomic E-state index is 0.0305. The first-order valence-electron chi connectivity index (χ1n) is 7.22. The Kier molecular flexibility index (Phi) is 7.80. The molecule has 0 aliphatic carbocycles. The van der Waals surface area contributed by atoms with Gasteiger partial charge in [0.2, 0.25) is 0 Å². The van der Waals surface area contributed by atoms with Gasteiger partial charge in [0.05, 0.1) is 4.90 Å². The van der Waals surface area contributed by atoms with Crippen LogP contribution in [0.4, 0.5) is 0 Å². The maximum atomic E-state index is 11.2. The lowest BCUT2D eigenvalue weighted by Gasteiger charge is -2.06. The Morgan fingerprint density at radius 3 is 2.00 bits per heavy atom. The van der Waals surface area contributed by atoms with Crippen molar-refractivity contribution in [2.75, 3.05) is 6.61 Å². The molecule has 0 saturated heterocycles. The number of aliphatic hydroxyl groups is 1. The highest BCUT2D eigenvalue weighted by molar-refractivity contribution is 7.85. The highest BCUT2D eigenvalue weighted by Gasteiger charge is 2.13. The molecule has 0 heterocycles. The van der Waals surface area contributed by atoms with Crippen LogP contribution in [-0.4, -0.2) is 24.7 Å². The van der Waals surface area contributed by atoms with Gasteiger partial charge in [-0.05, 0) is 30.9 Å². The lowest BCUT2D eigenvalue weighted by Crippen LogP contribution is -2.03. The Balaban J connectivity index is 2.29.